The van der Waals surface area contributed by atoms with Crippen LogP contribution in [0.25, 0.3) is 0 Å². The summed E-state index contributed by atoms with van der Waals surface area (Å²) in [6.45, 7) is 1.45. The van der Waals surface area contributed by atoms with Crippen LogP contribution in [0, 0.1) is 0 Å². The number of hydrogen-bond donors (Lipinski definition) is 3. The van der Waals surface area contributed by atoms with E-state index in [0.29, 0.717) is 12.6 Å². The minimum absolute atomic E-state index is 0.194. The number of ether oxygens (including phenoxy) is 1. The van der Waals surface area contributed by atoms with E-state index in [1.165, 1.54) is 12.8 Å². The highest BCUT2D eigenvalue weighted by Crippen LogP contribution is 2.18. The van der Waals surface area contributed by atoms with Crippen molar-refractivity contribution in [2.45, 2.75) is 18.9 Å². The van der Waals surface area contributed by atoms with Crippen LogP contribution in [-0.2, 0) is 0 Å². The zero-order valence-electron chi connectivity index (χ0n) is 10.5. The molecule has 0 aliphatic heterocycles. The summed E-state index contributed by atoms with van der Waals surface area (Å²) in [6, 6.07) is 7.76. The first kappa shape index (κ1) is 12.7. The Bertz CT molecular complexity index is 405. The predicted octanol–water partition coefficient (Wildman–Crippen LogP) is 1.57. The minimum atomic E-state index is -0.194. The van der Waals surface area contributed by atoms with Crippen LogP contribution in [0.3, 0.4) is 0 Å². The fourth-order valence-electron chi connectivity index (χ4n) is 1.62. The van der Waals surface area contributed by atoms with Gasteiger partial charge in [0.1, 0.15) is 5.75 Å². The molecule has 0 aromatic heterocycles. The summed E-state index contributed by atoms with van der Waals surface area (Å²) >= 11 is 0. The zero-order chi connectivity index (χ0) is 12.8. The number of carbonyl (C=O) groups is 1. The first-order chi connectivity index (χ1) is 8.78. The maximum absolute atomic E-state index is 11.6. The summed E-state index contributed by atoms with van der Waals surface area (Å²) < 4.78 is 5.09. The summed E-state index contributed by atoms with van der Waals surface area (Å²) in [5.41, 5.74) is 0.724. The Kier molecular flexibility index (Phi) is 4.41. The molecule has 1 saturated carbocycles. The lowest BCUT2D eigenvalue weighted by atomic mass is 10.3. The van der Waals surface area contributed by atoms with Gasteiger partial charge in [0, 0.05) is 30.9 Å². The average molecular weight is 249 g/mol. The van der Waals surface area contributed by atoms with Gasteiger partial charge in [0.15, 0.2) is 0 Å². The Labute approximate surface area is 107 Å². The van der Waals surface area contributed by atoms with E-state index in [1.807, 2.05) is 18.2 Å². The van der Waals surface area contributed by atoms with Gasteiger partial charge in [-0.1, -0.05) is 6.07 Å². The largest absolute Gasteiger partial charge is 0.497 e. The van der Waals surface area contributed by atoms with Crippen LogP contribution < -0.4 is 20.7 Å². The number of methoxy groups -OCH3 is 1. The van der Waals surface area contributed by atoms with Crippen molar-refractivity contribution >= 4 is 11.7 Å². The number of benzene rings is 1. The predicted molar refractivity (Wildman–Crippen MR) is 71.0 cm³/mol. The van der Waals surface area contributed by atoms with Gasteiger partial charge in [-0.05, 0) is 25.0 Å². The summed E-state index contributed by atoms with van der Waals surface area (Å²) in [6.07, 6.45) is 2.52. The van der Waals surface area contributed by atoms with Gasteiger partial charge in [0.25, 0.3) is 0 Å². The third kappa shape index (κ3) is 4.25. The first-order valence-corrected chi connectivity index (χ1v) is 6.20. The van der Waals surface area contributed by atoms with Gasteiger partial charge in [-0.25, -0.2) is 4.79 Å². The third-order valence-corrected chi connectivity index (χ3v) is 2.75. The summed E-state index contributed by atoms with van der Waals surface area (Å²) in [5.74, 6) is 0.725. The van der Waals surface area contributed by atoms with Crippen molar-refractivity contribution in [2.75, 3.05) is 25.5 Å². The van der Waals surface area contributed by atoms with E-state index in [9.17, 15) is 4.79 Å². The van der Waals surface area contributed by atoms with E-state index in [-0.39, 0.29) is 6.03 Å². The molecule has 1 aromatic rings. The molecule has 0 atom stereocenters. The number of urea groups is 1. The highest BCUT2D eigenvalue weighted by molar-refractivity contribution is 5.89. The SMILES string of the molecule is COc1cccc(NC(=O)NCCNC2CC2)c1. The molecule has 1 aromatic carbocycles. The molecule has 0 radical (unpaired) electrons. The van der Waals surface area contributed by atoms with Crippen LogP contribution >= 0.6 is 0 Å². The Morgan fingerprint density at radius 3 is 2.94 bits per heavy atom. The zero-order valence-corrected chi connectivity index (χ0v) is 10.5. The lowest BCUT2D eigenvalue weighted by Crippen LogP contribution is -2.35. The molecular weight excluding hydrogens is 230 g/mol. The van der Waals surface area contributed by atoms with Crippen molar-refractivity contribution in [1.29, 1.82) is 0 Å². The number of amides is 2. The first-order valence-electron chi connectivity index (χ1n) is 6.20. The number of carbonyl (C=O) groups excluding carboxylic acids is 1. The van der Waals surface area contributed by atoms with Crippen LogP contribution in [0.5, 0.6) is 5.75 Å². The molecule has 1 aliphatic rings. The van der Waals surface area contributed by atoms with Crippen LogP contribution in [0.15, 0.2) is 24.3 Å². The number of rotatable bonds is 6. The second-order valence-corrected chi connectivity index (χ2v) is 4.34. The van der Waals surface area contributed by atoms with E-state index >= 15 is 0 Å². The van der Waals surface area contributed by atoms with Gasteiger partial charge in [0.2, 0.25) is 0 Å². The molecule has 0 heterocycles. The van der Waals surface area contributed by atoms with E-state index in [2.05, 4.69) is 16.0 Å². The van der Waals surface area contributed by atoms with E-state index in [4.69, 9.17) is 4.74 Å². The quantitative estimate of drug-likeness (QED) is 0.671. The Morgan fingerprint density at radius 1 is 1.39 bits per heavy atom. The lowest BCUT2D eigenvalue weighted by Gasteiger charge is -2.09. The highest BCUT2D eigenvalue weighted by Gasteiger charge is 2.19. The second-order valence-electron chi connectivity index (χ2n) is 4.34. The van der Waals surface area contributed by atoms with E-state index in [1.54, 1.807) is 13.2 Å². The van der Waals surface area contributed by atoms with Crippen molar-refractivity contribution < 1.29 is 9.53 Å². The normalized spacial score (nSPS) is 14.1. The molecule has 0 saturated heterocycles. The van der Waals surface area contributed by atoms with E-state index < -0.39 is 0 Å². The highest BCUT2D eigenvalue weighted by atomic mass is 16.5. The molecule has 2 rings (SSSR count). The monoisotopic (exact) mass is 249 g/mol. The Balaban J connectivity index is 1.68. The van der Waals surface area contributed by atoms with Crippen molar-refractivity contribution in [3.05, 3.63) is 24.3 Å². The molecule has 1 fully saturated rings. The number of anilines is 1. The van der Waals surface area contributed by atoms with Crippen LogP contribution in [0.2, 0.25) is 0 Å². The third-order valence-electron chi connectivity index (χ3n) is 2.75. The van der Waals surface area contributed by atoms with Crippen LogP contribution in [0.1, 0.15) is 12.8 Å². The molecule has 3 N–H and O–H groups in total. The molecule has 0 unspecified atom stereocenters. The Hall–Kier alpha value is -1.75. The Morgan fingerprint density at radius 2 is 2.22 bits per heavy atom. The fraction of sp³-hybridized carbons (Fsp3) is 0.462. The van der Waals surface area contributed by atoms with Gasteiger partial charge in [-0.2, -0.15) is 0 Å². The molecule has 0 spiro atoms. The summed E-state index contributed by atoms with van der Waals surface area (Å²) in [5, 5.41) is 8.89. The molecule has 18 heavy (non-hydrogen) atoms. The van der Waals surface area contributed by atoms with Crippen LogP contribution in [-0.4, -0.2) is 32.3 Å². The molecular formula is C13H19N3O2. The fourth-order valence-corrected chi connectivity index (χ4v) is 1.62. The van der Waals surface area contributed by atoms with Crippen molar-refractivity contribution in [2.24, 2.45) is 0 Å². The maximum atomic E-state index is 11.6. The topological polar surface area (TPSA) is 62.4 Å². The molecule has 0 bridgehead atoms. The van der Waals surface area contributed by atoms with Crippen LogP contribution in [0.4, 0.5) is 10.5 Å². The standard InChI is InChI=1S/C13H19N3O2/c1-18-12-4-2-3-11(9-12)16-13(17)15-8-7-14-10-5-6-10/h2-4,9-10,14H,5-8H2,1H3,(H2,15,16,17). The van der Waals surface area contributed by atoms with Crippen molar-refractivity contribution in [3.8, 4) is 5.75 Å². The molecule has 5 heteroatoms. The van der Waals surface area contributed by atoms with Gasteiger partial charge in [0.05, 0.1) is 7.11 Å². The average Bonchev–Trinajstić information content (AvgIpc) is 3.19. The minimum Gasteiger partial charge on any atom is -0.497 e. The number of hydrogen-bond acceptors (Lipinski definition) is 3. The summed E-state index contributed by atoms with van der Waals surface area (Å²) in [4.78, 5) is 11.6. The van der Waals surface area contributed by atoms with Gasteiger partial charge < -0.3 is 20.7 Å². The molecule has 5 nitrogen and oxygen atoms in total. The molecule has 1 aliphatic carbocycles. The number of nitrogens with one attached hydrogen (secondary N) is 3. The molecule has 98 valence electrons. The van der Waals surface area contributed by atoms with Gasteiger partial charge in [-0.3, -0.25) is 0 Å². The summed E-state index contributed by atoms with van der Waals surface area (Å²) in [7, 11) is 1.60. The maximum Gasteiger partial charge on any atom is 0.319 e. The van der Waals surface area contributed by atoms with Gasteiger partial charge >= 0.3 is 6.03 Å². The smallest absolute Gasteiger partial charge is 0.319 e. The second kappa shape index (κ2) is 6.26. The van der Waals surface area contributed by atoms with Crippen molar-refractivity contribution in [1.82, 2.24) is 10.6 Å². The van der Waals surface area contributed by atoms with E-state index in [0.717, 1.165) is 18.0 Å². The lowest BCUT2D eigenvalue weighted by molar-refractivity contribution is 0.252. The van der Waals surface area contributed by atoms with Gasteiger partial charge in [-0.15, -0.1) is 0 Å². The van der Waals surface area contributed by atoms with Crippen molar-refractivity contribution in [3.63, 3.8) is 0 Å². The molecule has 2 amide bonds.